The third-order valence-corrected chi connectivity index (χ3v) is 4.84. The molecule has 0 aliphatic carbocycles. The molecule has 0 unspecified atom stereocenters. The number of nitrogens with one attached hydrogen (secondary N) is 2. The van der Waals surface area contributed by atoms with Crippen LogP contribution in [0.3, 0.4) is 0 Å². The molecule has 2 amide bonds. The lowest BCUT2D eigenvalue weighted by Gasteiger charge is -2.27. The van der Waals surface area contributed by atoms with Crippen molar-refractivity contribution in [1.29, 1.82) is 5.26 Å². The first-order chi connectivity index (χ1) is 13.7. The molecule has 0 spiro atoms. The minimum Gasteiger partial charge on any atom is -0.346 e. The molecule has 0 saturated carbocycles. The number of benzene rings is 1. The normalized spacial score (nSPS) is 13.7. The van der Waals surface area contributed by atoms with E-state index in [-0.39, 0.29) is 5.91 Å². The van der Waals surface area contributed by atoms with E-state index in [1.807, 2.05) is 24.4 Å². The van der Waals surface area contributed by atoms with Gasteiger partial charge in [-0.3, -0.25) is 9.59 Å². The van der Waals surface area contributed by atoms with Gasteiger partial charge in [0.1, 0.15) is 11.5 Å². The summed E-state index contributed by atoms with van der Waals surface area (Å²) in [5.74, 6) is 0.432. The minimum absolute atomic E-state index is 0.0513. The van der Waals surface area contributed by atoms with Crippen molar-refractivity contribution in [2.75, 3.05) is 18.4 Å². The molecule has 3 aromatic rings. The summed E-state index contributed by atoms with van der Waals surface area (Å²) in [5, 5.41) is 12.5. The largest absolute Gasteiger partial charge is 0.346 e. The molecule has 3 heterocycles. The highest BCUT2D eigenvalue weighted by Gasteiger charge is 2.21. The van der Waals surface area contributed by atoms with Crippen LogP contribution in [0.2, 0.25) is 0 Å². The van der Waals surface area contributed by atoms with Gasteiger partial charge in [-0.05, 0) is 54.0 Å². The Morgan fingerprint density at radius 1 is 1.29 bits per heavy atom. The van der Waals surface area contributed by atoms with Crippen LogP contribution in [0.1, 0.15) is 27.9 Å². The number of hydrogen-bond donors (Lipinski definition) is 2. The molecule has 0 fully saturated rings. The number of carbonyl (C=O) groups is 2. The average molecular weight is 371 g/mol. The fourth-order valence-electron chi connectivity index (χ4n) is 3.41. The molecule has 2 N–H and O–H groups in total. The monoisotopic (exact) mass is 371 g/mol. The van der Waals surface area contributed by atoms with Gasteiger partial charge in [0.05, 0.1) is 11.6 Å². The molecule has 1 aliphatic rings. The average Bonchev–Trinajstić information content (AvgIpc) is 3.22. The van der Waals surface area contributed by atoms with Crippen molar-refractivity contribution in [3.63, 3.8) is 0 Å². The van der Waals surface area contributed by atoms with E-state index in [4.69, 9.17) is 5.26 Å². The zero-order valence-corrected chi connectivity index (χ0v) is 15.0. The predicted octanol–water partition coefficient (Wildman–Crippen LogP) is 2.93. The molecular weight excluding hydrogens is 354 g/mol. The summed E-state index contributed by atoms with van der Waals surface area (Å²) in [6.07, 6.45) is 5.16. The topological polar surface area (TPSA) is 102 Å². The Bertz CT molecular complexity index is 1120. The SMILES string of the molecule is N#Cc1ccc(C(=O)N2CC=C(c3cc(NC=O)nc4[nH]ccc34)CC2)cc1. The molecule has 28 heavy (non-hydrogen) atoms. The number of H-pyrrole nitrogens is 1. The number of fused-ring (bicyclic) bond motifs is 1. The van der Waals surface area contributed by atoms with Crippen LogP contribution in [-0.4, -0.2) is 40.3 Å². The van der Waals surface area contributed by atoms with Crippen molar-refractivity contribution < 1.29 is 9.59 Å². The number of nitrogens with zero attached hydrogens (tertiary/aromatic N) is 3. The zero-order chi connectivity index (χ0) is 19.5. The number of aromatic nitrogens is 2. The molecule has 0 atom stereocenters. The molecule has 0 bridgehead atoms. The van der Waals surface area contributed by atoms with Gasteiger partial charge in [0.2, 0.25) is 6.41 Å². The van der Waals surface area contributed by atoms with Crippen molar-refractivity contribution in [1.82, 2.24) is 14.9 Å². The lowest BCUT2D eigenvalue weighted by atomic mass is 9.97. The molecule has 7 nitrogen and oxygen atoms in total. The van der Waals surface area contributed by atoms with E-state index < -0.39 is 0 Å². The first-order valence-corrected chi connectivity index (χ1v) is 8.87. The number of amides is 2. The third kappa shape index (κ3) is 3.23. The maximum absolute atomic E-state index is 12.7. The molecule has 0 radical (unpaired) electrons. The van der Waals surface area contributed by atoms with Gasteiger partial charge < -0.3 is 15.2 Å². The van der Waals surface area contributed by atoms with Crippen LogP contribution in [0.5, 0.6) is 0 Å². The second-order valence-electron chi connectivity index (χ2n) is 6.48. The molecule has 138 valence electrons. The van der Waals surface area contributed by atoms with Crippen LogP contribution in [0.15, 0.2) is 48.7 Å². The van der Waals surface area contributed by atoms with Crippen LogP contribution in [0.25, 0.3) is 16.6 Å². The molecule has 2 aromatic heterocycles. The van der Waals surface area contributed by atoms with Crippen molar-refractivity contribution in [2.45, 2.75) is 6.42 Å². The van der Waals surface area contributed by atoms with Crippen LogP contribution < -0.4 is 5.32 Å². The highest BCUT2D eigenvalue weighted by molar-refractivity contribution is 5.96. The van der Waals surface area contributed by atoms with Gasteiger partial charge in [-0.25, -0.2) is 4.98 Å². The van der Waals surface area contributed by atoms with E-state index in [2.05, 4.69) is 21.4 Å². The van der Waals surface area contributed by atoms with Crippen LogP contribution in [-0.2, 0) is 4.79 Å². The Morgan fingerprint density at radius 2 is 2.11 bits per heavy atom. The van der Waals surface area contributed by atoms with E-state index in [9.17, 15) is 9.59 Å². The number of nitriles is 1. The Labute approximate surface area is 161 Å². The predicted molar refractivity (Wildman–Crippen MR) is 105 cm³/mol. The highest BCUT2D eigenvalue weighted by atomic mass is 16.2. The molecule has 1 aliphatic heterocycles. The second-order valence-corrected chi connectivity index (χ2v) is 6.48. The van der Waals surface area contributed by atoms with E-state index in [0.29, 0.717) is 48.5 Å². The fourth-order valence-corrected chi connectivity index (χ4v) is 3.41. The lowest BCUT2D eigenvalue weighted by Crippen LogP contribution is -2.34. The quantitative estimate of drug-likeness (QED) is 0.688. The maximum atomic E-state index is 12.7. The Hall–Kier alpha value is -3.92. The first kappa shape index (κ1) is 17.5. The second kappa shape index (κ2) is 7.37. The van der Waals surface area contributed by atoms with Crippen LogP contribution >= 0.6 is 0 Å². The Morgan fingerprint density at radius 3 is 2.79 bits per heavy atom. The van der Waals surface area contributed by atoms with Gasteiger partial charge in [-0.2, -0.15) is 5.26 Å². The third-order valence-electron chi connectivity index (χ3n) is 4.84. The zero-order valence-electron chi connectivity index (χ0n) is 15.0. The van der Waals surface area contributed by atoms with Crippen LogP contribution in [0, 0.1) is 11.3 Å². The molecule has 4 rings (SSSR count). The van der Waals surface area contributed by atoms with E-state index in [1.165, 1.54) is 0 Å². The van der Waals surface area contributed by atoms with E-state index >= 15 is 0 Å². The Balaban J connectivity index is 1.58. The summed E-state index contributed by atoms with van der Waals surface area (Å²) < 4.78 is 0. The minimum atomic E-state index is -0.0513. The number of pyridine rings is 1. The van der Waals surface area contributed by atoms with Gasteiger partial charge in [-0.1, -0.05) is 6.08 Å². The van der Waals surface area contributed by atoms with Crippen molar-refractivity contribution in [2.24, 2.45) is 0 Å². The van der Waals surface area contributed by atoms with Crippen molar-refractivity contribution >= 4 is 34.7 Å². The molecule has 7 heteroatoms. The number of rotatable bonds is 4. The van der Waals surface area contributed by atoms with Gasteiger partial charge in [-0.15, -0.1) is 0 Å². The van der Waals surface area contributed by atoms with E-state index in [0.717, 1.165) is 16.5 Å². The summed E-state index contributed by atoms with van der Waals surface area (Å²) in [7, 11) is 0. The van der Waals surface area contributed by atoms with Gasteiger partial charge in [0, 0.05) is 30.2 Å². The number of aromatic amines is 1. The number of anilines is 1. The van der Waals surface area contributed by atoms with Gasteiger partial charge in [0.15, 0.2) is 0 Å². The van der Waals surface area contributed by atoms with Crippen LogP contribution in [0.4, 0.5) is 5.82 Å². The molecule has 1 aromatic carbocycles. The maximum Gasteiger partial charge on any atom is 0.254 e. The Kier molecular flexibility index (Phi) is 4.60. The standard InChI is InChI=1S/C21H17N5O2/c22-12-14-1-3-16(4-2-14)21(28)26-9-6-15(7-10-26)18-11-19(24-13-27)25-20-17(18)5-8-23-20/h1-6,8,11,13H,7,9-10H2,(H2,23,24,25,27). The lowest BCUT2D eigenvalue weighted by molar-refractivity contribution is -0.105. The summed E-state index contributed by atoms with van der Waals surface area (Å²) in [5.41, 5.74) is 3.93. The van der Waals surface area contributed by atoms with Crippen molar-refractivity contribution in [3.05, 3.63) is 65.4 Å². The number of carbonyl (C=O) groups excluding carboxylic acids is 2. The summed E-state index contributed by atoms with van der Waals surface area (Å²) in [6, 6.07) is 12.5. The summed E-state index contributed by atoms with van der Waals surface area (Å²) >= 11 is 0. The number of hydrogen-bond acceptors (Lipinski definition) is 4. The summed E-state index contributed by atoms with van der Waals surface area (Å²) in [6.45, 7) is 1.09. The van der Waals surface area contributed by atoms with E-state index in [1.54, 1.807) is 29.2 Å². The first-order valence-electron chi connectivity index (χ1n) is 8.87. The van der Waals surface area contributed by atoms with Crippen molar-refractivity contribution in [3.8, 4) is 6.07 Å². The highest BCUT2D eigenvalue weighted by Crippen LogP contribution is 2.30. The smallest absolute Gasteiger partial charge is 0.254 e. The fraction of sp³-hybridized carbons (Fsp3) is 0.143. The van der Waals surface area contributed by atoms with Gasteiger partial charge in [0.25, 0.3) is 5.91 Å². The van der Waals surface area contributed by atoms with Gasteiger partial charge >= 0.3 is 0 Å². The molecule has 0 saturated heterocycles. The molecular formula is C21H17N5O2. The summed E-state index contributed by atoms with van der Waals surface area (Å²) in [4.78, 5) is 32.7.